The van der Waals surface area contributed by atoms with Gasteiger partial charge in [0.15, 0.2) is 6.10 Å². The first-order chi connectivity index (χ1) is 11.2. The van der Waals surface area contributed by atoms with E-state index in [-0.39, 0.29) is 0 Å². The molecule has 0 saturated heterocycles. The van der Waals surface area contributed by atoms with Crippen LogP contribution in [0.25, 0.3) is 11.0 Å². The molecule has 1 atom stereocenters. The number of amides is 1. The van der Waals surface area contributed by atoms with Crippen LogP contribution in [0, 0.1) is 0 Å². The van der Waals surface area contributed by atoms with E-state index in [1.54, 1.807) is 24.3 Å². The summed E-state index contributed by atoms with van der Waals surface area (Å²) in [5.41, 5.74) is 2.60. The van der Waals surface area contributed by atoms with Gasteiger partial charge in [0.1, 0.15) is 5.82 Å². The Kier molecular flexibility index (Phi) is 4.39. The lowest BCUT2D eigenvalue weighted by Crippen LogP contribution is -2.31. The van der Waals surface area contributed by atoms with E-state index in [9.17, 15) is 9.90 Å². The first kappa shape index (κ1) is 15.2. The molecule has 3 aromatic rings. The predicted molar refractivity (Wildman–Crippen MR) is 88.8 cm³/mol. The number of aliphatic hydroxyl groups excluding tert-OH is 1. The van der Waals surface area contributed by atoms with Crippen LogP contribution in [0.5, 0.6) is 0 Å². The average Bonchev–Trinajstić information content (AvgIpc) is 2.91. The number of aliphatic hydroxyl groups is 1. The summed E-state index contributed by atoms with van der Waals surface area (Å²) in [6.45, 7) is 0.430. The van der Waals surface area contributed by atoms with Crippen molar-refractivity contribution in [1.82, 2.24) is 14.9 Å². The molecule has 118 valence electrons. The monoisotopic (exact) mass is 309 g/mol. The predicted octanol–water partition coefficient (Wildman–Crippen LogP) is 1.97. The molecule has 0 fully saturated rings. The highest BCUT2D eigenvalue weighted by Gasteiger charge is 2.16. The summed E-state index contributed by atoms with van der Waals surface area (Å²) in [5.74, 6) is 0.510. The Morgan fingerprint density at radius 3 is 2.61 bits per heavy atom. The molecule has 1 aromatic heterocycles. The smallest absolute Gasteiger partial charge is 0.253 e. The number of hydrogen-bond acceptors (Lipinski definition) is 3. The van der Waals surface area contributed by atoms with Crippen molar-refractivity contribution >= 4 is 16.9 Å². The number of aromatic nitrogens is 2. The molecular weight excluding hydrogens is 290 g/mol. The number of para-hydroxylation sites is 2. The Labute approximate surface area is 134 Å². The molecular formula is C18H19N3O2. The number of benzene rings is 2. The van der Waals surface area contributed by atoms with Gasteiger partial charge < -0.3 is 15.0 Å². The topological polar surface area (TPSA) is 67.2 Å². The average molecular weight is 309 g/mol. The number of nitrogens with zero attached hydrogens (tertiary/aromatic N) is 2. The fourth-order valence-corrected chi connectivity index (χ4v) is 2.60. The van der Waals surface area contributed by atoms with Crippen LogP contribution in [0.2, 0.25) is 0 Å². The molecule has 2 aromatic carbocycles. The van der Waals surface area contributed by atoms with Crippen molar-refractivity contribution in [3.05, 3.63) is 66.0 Å². The first-order valence-corrected chi connectivity index (χ1v) is 7.58. The van der Waals surface area contributed by atoms with Crippen molar-refractivity contribution in [3.8, 4) is 0 Å². The van der Waals surface area contributed by atoms with Gasteiger partial charge in [-0.3, -0.25) is 4.79 Å². The molecule has 0 radical (unpaired) electrons. The van der Waals surface area contributed by atoms with Gasteiger partial charge in [0.25, 0.3) is 5.91 Å². The van der Waals surface area contributed by atoms with Crippen LogP contribution in [0.3, 0.4) is 0 Å². The number of carbonyl (C=O) groups is 1. The van der Waals surface area contributed by atoms with Crippen molar-refractivity contribution in [2.24, 2.45) is 7.05 Å². The molecule has 0 bridgehead atoms. The maximum atomic E-state index is 12.0. The van der Waals surface area contributed by atoms with Crippen molar-refractivity contribution in [3.63, 3.8) is 0 Å². The second kappa shape index (κ2) is 6.62. The highest BCUT2D eigenvalue weighted by molar-refractivity contribution is 5.81. The normalized spacial score (nSPS) is 12.3. The fraction of sp³-hybridized carbons (Fsp3) is 0.222. The van der Waals surface area contributed by atoms with Crippen LogP contribution in [0.4, 0.5) is 0 Å². The molecule has 0 saturated carbocycles. The van der Waals surface area contributed by atoms with E-state index < -0.39 is 12.0 Å². The van der Waals surface area contributed by atoms with E-state index in [1.807, 2.05) is 41.9 Å². The molecule has 0 aliphatic carbocycles. The van der Waals surface area contributed by atoms with Crippen LogP contribution in [0.1, 0.15) is 17.5 Å². The molecule has 0 aliphatic rings. The molecule has 0 aliphatic heterocycles. The maximum absolute atomic E-state index is 12.0. The third-order valence-corrected chi connectivity index (χ3v) is 3.89. The summed E-state index contributed by atoms with van der Waals surface area (Å²) in [6.07, 6.45) is -0.532. The number of aryl methyl sites for hydroxylation is 1. The first-order valence-electron chi connectivity index (χ1n) is 7.58. The third kappa shape index (κ3) is 3.24. The number of imidazole rings is 1. The van der Waals surface area contributed by atoms with Crippen LogP contribution in [0.15, 0.2) is 54.6 Å². The molecule has 1 heterocycles. The fourth-order valence-electron chi connectivity index (χ4n) is 2.60. The zero-order chi connectivity index (χ0) is 16.2. The summed E-state index contributed by atoms with van der Waals surface area (Å²) in [7, 11) is 1.96. The number of fused-ring (bicyclic) bond motifs is 1. The minimum atomic E-state index is -1.14. The highest BCUT2D eigenvalue weighted by Crippen LogP contribution is 2.15. The minimum absolute atomic E-state index is 0.394. The Morgan fingerprint density at radius 1 is 1.17 bits per heavy atom. The maximum Gasteiger partial charge on any atom is 0.253 e. The van der Waals surface area contributed by atoms with Crippen LogP contribution in [-0.4, -0.2) is 27.1 Å². The quantitative estimate of drug-likeness (QED) is 0.757. The van der Waals surface area contributed by atoms with E-state index in [4.69, 9.17) is 0 Å². The highest BCUT2D eigenvalue weighted by atomic mass is 16.3. The van der Waals surface area contributed by atoms with E-state index >= 15 is 0 Å². The van der Waals surface area contributed by atoms with Crippen LogP contribution >= 0.6 is 0 Å². The molecule has 2 N–H and O–H groups in total. The number of rotatable bonds is 5. The summed E-state index contributed by atoms with van der Waals surface area (Å²) in [4.78, 5) is 16.6. The van der Waals surface area contributed by atoms with E-state index in [0.717, 1.165) is 16.9 Å². The zero-order valence-corrected chi connectivity index (χ0v) is 12.9. The summed E-state index contributed by atoms with van der Waals surface area (Å²) in [5, 5.41) is 12.8. The van der Waals surface area contributed by atoms with Gasteiger partial charge >= 0.3 is 0 Å². The van der Waals surface area contributed by atoms with Gasteiger partial charge in [-0.2, -0.15) is 0 Å². The number of nitrogens with one attached hydrogen (secondary N) is 1. The molecule has 0 unspecified atom stereocenters. The van der Waals surface area contributed by atoms with E-state index in [1.165, 1.54) is 0 Å². The zero-order valence-electron chi connectivity index (χ0n) is 12.9. The summed E-state index contributed by atoms with van der Waals surface area (Å²) < 4.78 is 2.02. The van der Waals surface area contributed by atoms with Gasteiger partial charge in [-0.15, -0.1) is 0 Å². The third-order valence-electron chi connectivity index (χ3n) is 3.89. The second-order valence-electron chi connectivity index (χ2n) is 5.43. The van der Waals surface area contributed by atoms with Gasteiger partial charge in [0.2, 0.25) is 0 Å². The number of carbonyl (C=O) groups excluding carboxylic acids is 1. The molecule has 1 amide bonds. The lowest BCUT2D eigenvalue weighted by molar-refractivity contribution is -0.129. The summed E-state index contributed by atoms with van der Waals surface area (Å²) >= 11 is 0. The van der Waals surface area contributed by atoms with Gasteiger partial charge in [-0.05, 0) is 17.7 Å². The minimum Gasteiger partial charge on any atom is -0.378 e. The Balaban J connectivity index is 1.60. The summed E-state index contributed by atoms with van der Waals surface area (Å²) in [6, 6.07) is 16.8. The van der Waals surface area contributed by atoms with E-state index in [0.29, 0.717) is 18.5 Å². The lowest BCUT2D eigenvalue weighted by Gasteiger charge is -2.11. The van der Waals surface area contributed by atoms with Crippen LogP contribution < -0.4 is 5.32 Å². The molecule has 5 heteroatoms. The standard InChI is InChI=1S/C18H19N3O2/c1-21-15-10-6-5-9-14(15)20-16(21)11-12-19-18(23)17(22)13-7-3-2-4-8-13/h2-10,17,22H,11-12H2,1H3,(H,19,23)/t17-/m1/s1. The Bertz CT molecular complexity index is 812. The van der Waals surface area contributed by atoms with Crippen molar-refractivity contribution in [2.45, 2.75) is 12.5 Å². The van der Waals surface area contributed by atoms with Gasteiger partial charge in [0, 0.05) is 20.0 Å². The largest absolute Gasteiger partial charge is 0.378 e. The van der Waals surface area contributed by atoms with Gasteiger partial charge in [-0.1, -0.05) is 42.5 Å². The molecule has 3 rings (SSSR count). The van der Waals surface area contributed by atoms with Crippen LogP contribution in [-0.2, 0) is 18.3 Å². The van der Waals surface area contributed by atoms with Crippen molar-refractivity contribution in [2.75, 3.05) is 6.54 Å². The Hall–Kier alpha value is -2.66. The molecule has 5 nitrogen and oxygen atoms in total. The van der Waals surface area contributed by atoms with Gasteiger partial charge in [0.05, 0.1) is 11.0 Å². The lowest BCUT2D eigenvalue weighted by atomic mass is 10.1. The molecule has 23 heavy (non-hydrogen) atoms. The SMILES string of the molecule is Cn1c(CCNC(=O)[C@H](O)c2ccccc2)nc2ccccc21. The number of hydrogen-bond donors (Lipinski definition) is 2. The Morgan fingerprint density at radius 2 is 1.87 bits per heavy atom. The molecule has 0 spiro atoms. The van der Waals surface area contributed by atoms with E-state index in [2.05, 4.69) is 10.3 Å². The second-order valence-corrected chi connectivity index (χ2v) is 5.43. The van der Waals surface area contributed by atoms with Crippen molar-refractivity contribution in [1.29, 1.82) is 0 Å². The van der Waals surface area contributed by atoms with Crippen molar-refractivity contribution < 1.29 is 9.90 Å². The van der Waals surface area contributed by atoms with Gasteiger partial charge in [-0.25, -0.2) is 4.98 Å².